The van der Waals surface area contributed by atoms with Gasteiger partial charge in [-0.05, 0) is 55.2 Å². The van der Waals surface area contributed by atoms with Crippen LogP contribution in [0.2, 0.25) is 0 Å². The third-order valence-electron chi connectivity index (χ3n) is 3.03. The fourth-order valence-electron chi connectivity index (χ4n) is 2.18. The summed E-state index contributed by atoms with van der Waals surface area (Å²) in [6.45, 7) is 5.90. The first-order valence-corrected chi connectivity index (χ1v) is 8.22. The maximum Gasteiger partial charge on any atom is 0.261 e. The average Bonchev–Trinajstić information content (AvgIpc) is 2.26. The van der Waals surface area contributed by atoms with Gasteiger partial charge in [0.2, 0.25) is 0 Å². The van der Waals surface area contributed by atoms with E-state index >= 15 is 0 Å². The van der Waals surface area contributed by atoms with Gasteiger partial charge in [-0.1, -0.05) is 29.8 Å². The Morgan fingerprint density at radius 2 is 1.58 bits per heavy atom. The van der Waals surface area contributed by atoms with Gasteiger partial charge in [-0.3, -0.25) is 0 Å². The molecule has 0 radical (unpaired) electrons. The molecule has 0 fully saturated rings. The minimum absolute atomic E-state index is 0.143. The first-order chi connectivity index (χ1) is 8.77. The van der Waals surface area contributed by atoms with Gasteiger partial charge < -0.3 is 0 Å². The molecular formula is C15H15ClO2S. The lowest BCUT2D eigenvalue weighted by Gasteiger charge is -2.09. The summed E-state index contributed by atoms with van der Waals surface area (Å²) in [6, 6.07) is 11.3. The van der Waals surface area contributed by atoms with Crippen molar-refractivity contribution in [3.8, 4) is 11.1 Å². The number of benzene rings is 2. The summed E-state index contributed by atoms with van der Waals surface area (Å²) in [4.78, 5) is 0.143. The number of aryl methyl sites for hydroxylation is 3. The third kappa shape index (κ3) is 3.17. The maximum atomic E-state index is 11.5. The van der Waals surface area contributed by atoms with Crippen molar-refractivity contribution in [1.29, 1.82) is 0 Å². The van der Waals surface area contributed by atoms with Crippen LogP contribution in [0.5, 0.6) is 0 Å². The van der Waals surface area contributed by atoms with Crippen molar-refractivity contribution in [1.82, 2.24) is 0 Å². The summed E-state index contributed by atoms with van der Waals surface area (Å²) in [5, 5.41) is 0. The Morgan fingerprint density at radius 1 is 0.895 bits per heavy atom. The van der Waals surface area contributed by atoms with Crippen LogP contribution in [0.25, 0.3) is 11.1 Å². The standard InChI is InChI=1S/C15H15ClO2S/c1-10-4-5-15(12(3)6-10)13-7-11(2)8-14(9-13)19(16,17)18/h4-9H,1-3H3. The lowest BCUT2D eigenvalue weighted by atomic mass is 9.98. The second-order valence-corrected chi connectivity index (χ2v) is 7.36. The average molecular weight is 295 g/mol. The minimum Gasteiger partial charge on any atom is -0.207 e. The van der Waals surface area contributed by atoms with Gasteiger partial charge in [-0.25, -0.2) is 8.42 Å². The highest BCUT2D eigenvalue weighted by atomic mass is 35.7. The smallest absolute Gasteiger partial charge is 0.207 e. The molecule has 0 amide bonds. The Morgan fingerprint density at radius 3 is 2.16 bits per heavy atom. The van der Waals surface area contributed by atoms with E-state index in [0.29, 0.717) is 0 Å². The highest BCUT2D eigenvalue weighted by Gasteiger charge is 2.13. The molecule has 0 aliphatic carbocycles. The SMILES string of the molecule is Cc1cc(-c2ccc(C)cc2C)cc(S(=O)(=O)Cl)c1. The summed E-state index contributed by atoms with van der Waals surface area (Å²) < 4.78 is 22.9. The molecule has 0 saturated carbocycles. The van der Waals surface area contributed by atoms with Crippen LogP contribution < -0.4 is 0 Å². The molecule has 0 unspecified atom stereocenters. The largest absolute Gasteiger partial charge is 0.261 e. The Labute approximate surface area is 118 Å². The zero-order chi connectivity index (χ0) is 14.2. The number of halogens is 1. The van der Waals surface area contributed by atoms with Gasteiger partial charge in [-0.15, -0.1) is 0 Å². The summed E-state index contributed by atoms with van der Waals surface area (Å²) in [6.07, 6.45) is 0. The van der Waals surface area contributed by atoms with Crippen molar-refractivity contribution in [2.75, 3.05) is 0 Å². The van der Waals surface area contributed by atoms with E-state index in [4.69, 9.17) is 10.7 Å². The predicted octanol–water partition coefficient (Wildman–Crippen LogP) is 4.21. The molecule has 0 atom stereocenters. The molecule has 2 aromatic carbocycles. The molecule has 0 aliphatic rings. The van der Waals surface area contributed by atoms with Crippen molar-refractivity contribution in [2.45, 2.75) is 25.7 Å². The number of rotatable bonds is 2. The number of hydrogen-bond donors (Lipinski definition) is 0. The van der Waals surface area contributed by atoms with Crippen LogP contribution >= 0.6 is 10.7 Å². The van der Waals surface area contributed by atoms with Crippen LogP contribution in [0, 0.1) is 20.8 Å². The van der Waals surface area contributed by atoms with E-state index in [0.717, 1.165) is 22.3 Å². The molecule has 100 valence electrons. The van der Waals surface area contributed by atoms with E-state index in [1.54, 1.807) is 12.1 Å². The van der Waals surface area contributed by atoms with Crippen molar-refractivity contribution in [3.05, 3.63) is 53.1 Å². The van der Waals surface area contributed by atoms with Crippen molar-refractivity contribution < 1.29 is 8.42 Å². The molecule has 19 heavy (non-hydrogen) atoms. The van der Waals surface area contributed by atoms with E-state index in [1.807, 2.05) is 39.0 Å². The monoisotopic (exact) mass is 294 g/mol. The normalized spacial score (nSPS) is 11.6. The summed E-state index contributed by atoms with van der Waals surface area (Å²) in [5.41, 5.74) is 5.06. The highest BCUT2D eigenvalue weighted by Crippen LogP contribution is 2.28. The molecule has 4 heteroatoms. The molecule has 0 aliphatic heterocycles. The molecule has 2 aromatic rings. The molecule has 0 spiro atoms. The van der Waals surface area contributed by atoms with Crippen LogP contribution in [0.15, 0.2) is 41.3 Å². The summed E-state index contributed by atoms with van der Waals surface area (Å²) in [5.74, 6) is 0. The Kier molecular flexibility index (Phi) is 3.70. The van der Waals surface area contributed by atoms with Gasteiger partial charge in [0.15, 0.2) is 0 Å². The van der Waals surface area contributed by atoms with E-state index in [2.05, 4.69) is 6.07 Å². The fourth-order valence-corrected chi connectivity index (χ4v) is 3.04. The Bertz CT molecular complexity index is 734. The van der Waals surface area contributed by atoms with Crippen LogP contribution in [0.3, 0.4) is 0 Å². The quantitative estimate of drug-likeness (QED) is 0.778. The molecule has 2 rings (SSSR count). The summed E-state index contributed by atoms with van der Waals surface area (Å²) in [7, 11) is 1.72. The highest BCUT2D eigenvalue weighted by molar-refractivity contribution is 8.13. The van der Waals surface area contributed by atoms with Gasteiger partial charge in [0.25, 0.3) is 9.05 Å². The Balaban J connectivity index is 2.66. The van der Waals surface area contributed by atoms with Gasteiger partial charge in [0, 0.05) is 10.7 Å². The van der Waals surface area contributed by atoms with E-state index in [-0.39, 0.29) is 4.90 Å². The first-order valence-electron chi connectivity index (χ1n) is 5.91. The van der Waals surface area contributed by atoms with Crippen molar-refractivity contribution in [2.24, 2.45) is 0 Å². The molecule has 0 aromatic heterocycles. The molecule has 0 N–H and O–H groups in total. The molecule has 0 heterocycles. The van der Waals surface area contributed by atoms with Crippen LogP contribution in [-0.4, -0.2) is 8.42 Å². The molecule has 2 nitrogen and oxygen atoms in total. The molecule has 0 saturated heterocycles. The second kappa shape index (κ2) is 4.99. The van der Waals surface area contributed by atoms with Crippen molar-refractivity contribution >= 4 is 19.7 Å². The minimum atomic E-state index is -3.70. The van der Waals surface area contributed by atoms with Gasteiger partial charge >= 0.3 is 0 Å². The maximum absolute atomic E-state index is 11.5. The van der Waals surface area contributed by atoms with Crippen LogP contribution in [-0.2, 0) is 9.05 Å². The lowest BCUT2D eigenvalue weighted by molar-refractivity contribution is 0.609. The van der Waals surface area contributed by atoms with E-state index < -0.39 is 9.05 Å². The molecule has 0 bridgehead atoms. The molecular weight excluding hydrogens is 280 g/mol. The van der Waals surface area contributed by atoms with Gasteiger partial charge in [0.05, 0.1) is 4.90 Å². The van der Waals surface area contributed by atoms with E-state index in [1.165, 1.54) is 5.56 Å². The predicted molar refractivity (Wildman–Crippen MR) is 79.1 cm³/mol. The Hall–Kier alpha value is -1.32. The second-order valence-electron chi connectivity index (χ2n) is 4.79. The van der Waals surface area contributed by atoms with Crippen LogP contribution in [0.1, 0.15) is 16.7 Å². The first kappa shape index (κ1) is 14.1. The van der Waals surface area contributed by atoms with Crippen molar-refractivity contribution in [3.63, 3.8) is 0 Å². The van der Waals surface area contributed by atoms with Gasteiger partial charge in [0.1, 0.15) is 0 Å². The summed E-state index contributed by atoms with van der Waals surface area (Å²) >= 11 is 0. The lowest BCUT2D eigenvalue weighted by Crippen LogP contribution is -1.94. The van der Waals surface area contributed by atoms with E-state index in [9.17, 15) is 8.42 Å². The topological polar surface area (TPSA) is 34.1 Å². The zero-order valence-corrected chi connectivity index (χ0v) is 12.6. The third-order valence-corrected chi connectivity index (χ3v) is 4.36. The number of hydrogen-bond acceptors (Lipinski definition) is 2. The fraction of sp³-hybridized carbons (Fsp3) is 0.200. The zero-order valence-electron chi connectivity index (χ0n) is 11.1. The van der Waals surface area contributed by atoms with Crippen LogP contribution in [0.4, 0.5) is 0 Å². The van der Waals surface area contributed by atoms with Gasteiger partial charge in [-0.2, -0.15) is 0 Å².